The van der Waals surface area contributed by atoms with Crippen LogP contribution in [-0.4, -0.2) is 164 Å². The molecule has 3 fully saturated rings. The normalized spacial score (nSPS) is 19.9. The summed E-state index contributed by atoms with van der Waals surface area (Å²) in [6.45, 7) is 22.9. The van der Waals surface area contributed by atoms with Gasteiger partial charge in [-0.25, -0.2) is 36.7 Å². The number of carbonyl (C=O) groups excluding carboxylic acids is 5. The smallest absolute Gasteiger partial charge is 0.413 e. The maximum absolute atomic E-state index is 14.0. The summed E-state index contributed by atoms with van der Waals surface area (Å²) in [5.41, 5.74) is -0.115. The van der Waals surface area contributed by atoms with Crippen LogP contribution in [0.15, 0.2) is 123 Å². The third-order valence-corrected chi connectivity index (χ3v) is 16.2. The molecule has 8 atom stereocenters. The van der Waals surface area contributed by atoms with Crippen LogP contribution in [0.25, 0.3) is 22.6 Å². The van der Waals surface area contributed by atoms with Gasteiger partial charge in [-0.1, -0.05) is 108 Å². The van der Waals surface area contributed by atoms with Crippen molar-refractivity contribution in [3.8, 4) is 52.7 Å². The van der Waals surface area contributed by atoms with Crippen molar-refractivity contribution in [1.29, 1.82) is 0 Å². The summed E-state index contributed by atoms with van der Waals surface area (Å²) in [5, 5.41) is 18.4. The first-order valence-electron chi connectivity index (χ1n) is 32.8. The fourth-order valence-corrected chi connectivity index (χ4v) is 11.4. The zero-order chi connectivity index (χ0) is 77.6. The number of methoxy groups -OCH3 is 2. The van der Waals surface area contributed by atoms with E-state index in [2.05, 4.69) is 38.1 Å². The summed E-state index contributed by atoms with van der Waals surface area (Å²) in [6, 6.07) is 27.0. The van der Waals surface area contributed by atoms with Gasteiger partial charge in [-0.05, 0) is 156 Å². The summed E-state index contributed by atoms with van der Waals surface area (Å²) in [6.07, 6.45) is 0.386. The van der Waals surface area contributed by atoms with Gasteiger partial charge in [0.25, 0.3) is 17.3 Å². The average Bonchev–Trinajstić information content (AvgIpc) is 1.62. The van der Waals surface area contributed by atoms with Crippen LogP contribution in [0.4, 0.5) is 31.9 Å². The van der Waals surface area contributed by atoms with Crippen molar-refractivity contribution in [1.82, 2.24) is 30.3 Å². The van der Waals surface area contributed by atoms with E-state index in [0.717, 1.165) is 11.1 Å². The lowest BCUT2D eigenvalue weighted by Crippen LogP contribution is -2.50. The second-order valence-corrected chi connectivity index (χ2v) is 29.5. The van der Waals surface area contributed by atoms with E-state index in [9.17, 15) is 51.4 Å². The number of nitrogens with one attached hydrogen (secondary N) is 2. The molecule has 0 spiro atoms. The molecule has 4 aromatic carbocycles. The highest BCUT2D eigenvalue weighted by molar-refractivity contribution is 6.53. The van der Waals surface area contributed by atoms with Crippen molar-refractivity contribution in [2.24, 2.45) is 0 Å². The Hall–Kier alpha value is -9.09. The highest BCUT2D eigenvalue weighted by Gasteiger charge is 2.54. The van der Waals surface area contributed by atoms with Crippen LogP contribution < -0.4 is 15.6 Å². The Kier molecular flexibility index (Phi) is 28.3. The number of aliphatic hydroxyl groups excluding tert-OH is 1. The van der Waals surface area contributed by atoms with Crippen molar-refractivity contribution in [2.75, 3.05) is 40.9 Å². The Morgan fingerprint density at radius 2 is 1.00 bits per heavy atom. The molecule has 3 aliphatic rings. The first-order chi connectivity index (χ1) is 48.5. The van der Waals surface area contributed by atoms with E-state index in [4.69, 9.17) is 71.8 Å². The van der Waals surface area contributed by atoms with Crippen molar-refractivity contribution in [3.05, 3.63) is 153 Å². The van der Waals surface area contributed by atoms with Gasteiger partial charge in [-0.15, -0.1) is 6.42 Å². The van der Waals surface area contributed by atoms with Crippen molar-refractivity contribution >= 4 is 53.4 Å². The molecule has 0 saturated carbocycles. The molecule has 23 nitrogen and oxygen atoms in total. The molecular formula is C75H90Cl2F4N6O17. The van der Waals surface area contributed by atoms with Crippen molar-refractivity contribution in [3.63, 3.8) is 0 Å². The van der Waals surface area contributed by atoms with E-state index in [1.54, 1.807) is 207 Å². The Labute approximate surface area is 612 Å². The van der Waals surface area contributed by atoms with Crippen LogP contribution in [0.3, 0.4) is 0 Å². The number of aromatic nitrogens is 2. The molecule has 564 valence electrons. The number of aromatic amines is 1. The summed E-state index contributed by atoms with van der Waals surface area (Å²) in [5.74, 6) is 7.39. The number of halogens is 6. The maximum atomic E-state index is 14.0. The van der Waals surface area contributed by atoms with E-state index in [1.807, 2.05) is 0 Å². The van der Waals surface area contributed by atoms with Gasteiger partial charge in [0.05, 0.1) is 44.5 Å². The monoisotopic (exact) mass is 1490 g/mol. The standard InChI is InChI=1S/C21H26FNO5.C20H25FN2O5.C19H24FNO3.C15H15Cl2FN2O4/c1-20(2,3)28-19(25)23-16(13-22)18(27-21(23,4)5)15-10-7-14(8-11-15)9-12-17(24)26-6;1-19(2,3)27-18(25)23-14(11-21)17(26-20(23,4)5)13-8-6-12(7-9-13)15-10-16(24)22-28-15;1-7-13-8-10-14(11-9-13)16-15(12-20)21(19(5,6)23-16)17(22)24-18(2,3)4;1-23-12-6-11(24-20-12)8-2-4-9(5-3-8)13(21)10(7-18)19-15(22)14(16)17/h7-8,10-11,16,18H,13H2,1-6H3;6-10,14,17H,11H2,1-5H3,(H,22,24);1,8-11,15-16H,12H2,2-6H3;2-6,10,13-14,21H,7H2,1H3,(H,19,22)/t16-,18-;14-,17-;15-,16-;10-,13-/m1111/s1. The first kappa shape index (κ1) is 83.9. The number of ether oxygens (including phenoxy) is 8. The maximum Gasteiger partial charge on any atom is 0.413 e. The van der Waals surface area contributed by atoms with Crippen molar-refractivity contribution in [2.45, 2.75) is 191 Å². The van der Waals surface area contributed by atoms with E-state index in [0.29, 0.717) is 50.8 Å². The molecule has 0 radical (unpaired) electrons. The van der Waals surface area contributed by atoms with E-state index >= 15 is 0 Å². The number of alkyl halides is 6. The SMILES string of the molecule is C#Cc1ccc([C@H]2OC(C)(C)N(C(=O)OC(C)(C)C)[C@@H]2CF)cc1.CC(C)(C)OC(=O)N1[C@H](CF)[C@@H](c2ccc(-c3cc(=O)[nH]o3)cc2)OC1(C)C.COC(=O)C#Cc1ccc([C@H]2OC(C)(C)N(C(=O)OC(C)(C)C)[C@@H]2CF)cc1.COc1cc(-c2ccc([C@@H](O)[C@@H](CF)NC(=O)C(Cl)Cl)cc2)on1. The highest BCUT2D eigenvalue weighted by atomic mass is 35.5. The Morgan fingerprint density at radius 3 is 1.33 bits per heavy atom. The van der Waals surface area contributed by atoms with Gasteiger partial charge < -0.3 is 57.4 Å². The number of terminal acetylenes is 1. The van der Waals surface area contributed by atoms with E-state index in [1.165, 1.54) is 35.0 Å². The predicted molar refractivity (Wildman–Crippen MR) is 379 cm³/mol. The van der Waals surface area contributed by atoms with Gasteiger partial charge in [-0.3, -0.25) is 24.3 Å². The third kappa shape index (κ3) is 22.2. The van der Waals surface area contributed by atoms with Crippen LogP contribution >= 0.6 is 23.2 Å². The van der Waals surface area contributed by atoms with Crippen molar-refractivity contribution < 1.29 is 93.6 Å². The highest BCUT2D eigenvalue weighted by Crippen LogP contribution is 2.45. The second-order valence-electron chi connectivity index (χ2n) is 28.4. The number of rotatable bonds is 14. The molecule has 3 aliphatic heterocycles. The molecule has 3 N–H and O–H groups in total. The number of H-pyrrole nitrogens is 1. The molecule has 104 heavy (non-hydrogen) atoms. The molecule has 9 rings (SSSR count). The molecule has 2 aromatic heterocycles. The van der Waals surface area contributed by atoms with Gasteiger partial charge >= 0.3 is 24.2 Å². The first-order valence-corrected chi connectivity index (χ1v) is 33.7. The van der Waals surface area contributed by atoms with E-state index in [-0.39, 0.29) is 5.56 Å². The minimum Gasteiger partial charge on any atom is -0.479 e. The third-order valence-electron chi connectivity index (χ3n) is 15.8. The zero-order valence-corrected chi connectivity index (χ0v) is 62.5. The van der Waals surface area contributed by atoms with Crippen LogP contribution in [0.5, 0.6) is 5.88 Å². The van der Waals surface area contributed by atoms with Gasteiger partial charge in [-0.2, -0.15) is 5.16 Å². The largest absolute Gasteiger partial charge is 0.479 e. The number of amides is 4. The number of hydrogen-bond donors (Lipinski definition) is 3. The summed E-state index contributed by atoms with van der Waals surface area (Å²) in [4.78, 5) is 74.3. The van der Waals surface area contributed by atoms with Gasteiger partial charge in [0.2, 0.25) is 0 Å². The van der Waals surface area contributed by atoms with Gasteiger partial charge in [0.1, 0.15) is 85.1 Å². The molecule has 3 saturated heterocycles. The van der Waals surface area contributed by atoms with Crippen LogP contribution in [0.1, 0.15) is 162 Å². The molecule has 6 aromatic rings. The number of nitrogens with zero attached hydrogens (tertiary/aromatic N) is 4. The van der Waals surface area contributed by atoms with Crippen LogP contribution in [0.2, 0.25) is 0 Å². The van der Waals surface area contributed by atoms with Crippen LogP contribution in [0, 0.1) is 24.2 Å². The lowest BCUT2D eigenvalue weighted by molar-refractivity contribution is -0.133. The molecule has 29 heteroatoms. The zero-order valence-electron chi connectivity index (χ0n) is 61.0. The topological polar surface area (TPSA) is 273 Å². The number of esters is 1. The summed E-state index contributed by atoms with van der Waals surface area (Å²) < 4.78 is 109. The lowest BCUT2D eigenvalue weighted by atomic mass is 10.0. The lowest BCUT2D eigenvalue weighted by Gasteiger charge is -2.34. The Morgan fingerprint density at radius 1 is 0.615 bits per heavy atom. The minimum absolute atomic E-state index is 0.328. The molecule has 0 aliphatic carbocycles. The fourth-order valence-electron chi connectivity index (χ4n) is 11.2. The van der Waals surface area contributed by atoms with Gasteiger partial charge in [0, 0.05) is 34.2 Å². The Balaban J connectivity index is 0.000000218. The number of hydrogen-bond acceptors (Lipinski definition) is 18. The summed E-state index contributed by atoms with van der Waals surface area (Å²) in [7, 11) is 2.73. The molecule has 0 unspecified atom stereocenters. The molecule has 0 bridgehead atoms. The summed E-state index contributed by atoms with van der Waals surface area (Å²) >= 11 is 10.8. The van der Waals surface area contributed by atoms with Gasteiger partial charge in [0.15, 0.2) is 16.4 Å². The predicted octanol–water partition coefficient (Wildman–Crippen LogP) is 14.3. The Bertz CT molecular complexity index is 4040. The average molecular weight is 1490 g/mol. The minimum atomic E-state index is -1.34. The molecular weight excluding hydrogens is 1400 g/mol. The number of benzene rings is 4. The van der Waals surface area contributed by atoms with Crippen LogP contribution in [-0.2, 0) is 42.7 Å². The second kappa shape index (κ2) is 35.1. The van der Waals surface area contributed by atoms with E-state index < -0.39 is 144 Å². The number of carbonyl (C=O) groups is 5. The molecule has 4 amide bonds. The quantitative estimate of drug-likeness (QED) is 0.0300. The molecule has 5 heterocycles. The number of aliphatic hydroxyl groups is 1. The fraction of sp³-hybridized carbons (Fsp3) is 0.480.